The minimum Gasteiger partial charge on any atom is -0.356 e. The van der Waals surface area contributed by atoms with E-state index in [-0.39, 0.29) is 5.91 Å². The number of hydrogen-bond donors (Lipinski definition) is 2. The molecular weight excluding hydrogens is 214 g/mol. The van der Waals surface area contributed by atoms with Crippen LogP contribution in [0.1, 0.15) is 26.2 Å². The summed E-state index contributed by atoms with van der Waals surface area (Å²) in [7, 11) is 0. The van der Waals surface area contributed by atoms with Gasteiger partial charge in [0, 0.05) is 26.6 Å². The summed E-state index contributed by atoms with van der Waals surface area (Å²) in [4.78, 5) is 13.0. The van der Waals surface area contributed by atoms with E-state index in [1.165, 1.54) is 0 Å². The van der Waals surface area contributed by atoms with E-state index in [1.54, 1.807) is 6.92 Å². The van der Waals surface area contributed by atoms with Crippen molar-refractivity contribution in [1.29, 1.82) is 0 Å². The van der Waals surface area contributed by atoms with Crippen molar-refractivity contribution in [2.24, 2.45) is 5.73 Å². The first-order valence-corrected chi connectivity index (χ1v) is 6.22. The minimum absolute atomic E-state index is 0.0330. The van der Waals surface area contributed by atoms with Crippen LogP contribution in [0.5, 0.6) is 0 Å². The third-order valence-electron chi connectivity index (χ3n) is 2.45. The first kappa shape index (κ1) is 15.9. The molecule has 3 N–H and O–H groups in total. The lowest BCUT2D eigenvalue weighted by molar-refractivity contribution is -0.118. The van der Waals surface area contributed by atoms with E-state index in [1.807, 2.05) is 6.08 Å². The smallest absolute Gasteiger partial charge is 0.216 e. The molecule has 0 aliphatic carbocycles. The van der Waals surface area contributed by atoms with E-state index in [0.717, 1.165) is 52.0 Å². The van der Waals surface area contributed by atoms with E-state index in [0.29, 0.717) is 0 Å². The lowest BCUT2D eigenvalue weighted by Crippen LogP contribution is -2.30. The second-order valence-corrected chi connectivity index (χ2v) is 4.04. The van der Waals surface area contributed by atoms with Crippen molar-refractivity contribution < 1.29 is 4.79 Å². The largest absolute Gasteiger partial charge is 0.356 e. The van der Waals surface area contributed by atoms with Crippen LogP contribution in [0.3, 0.4) is 0 Å². The van der Waals surface area contributed by atoms with Gasteiger partial charge in [-0.25, -0.2) is 0 Å². The predicted molar refractivity (Wildman–Crippen MR) is 71.7 cm³/mol. The number of nitrogens with one attached hydrogen (secondary N) is 1. The van der Waals surface area contributed by atoms with E-state index >= 15 is 0 Å². The Balaban J connectivity index is 3.75. The Morgan fingerprint density at radius 2 is 2.12 bits per heavy atom. The Labute approximate surface area is 105 Å². The molecule has 0 radical (unpaired) electrons. The molecule has 0 rings (SSSR count). The molecule has 1 amide bonds. The van der Waals surface area contributed by atoms with Crippen LogP contribution < -0.4 is 11.1 Å². The summed E-state index contributed by atoms with van der Waals surface area (Å²) in [6.07, 6.45) is 5.07. The van der Waals surface area contributed by atoms with Crippen LogP contribution in [0.15, 0.2) is 18.4 Å². The molecule has 4 heteroatoms. The highest BCUT2D eigenvalue weighted by molar-refractivity contribution is 5.72. The molecule has 0 fully saturated rings. The molecule has 0 atom stereocenters. The van der Waals surface area contributed by atoms with Gasteiger partial charge in [-0.05, 0) is 38.4 Å². The zero-order valence-corrected chi connectivity index (χ0v) is 10.9. The Hall–Kier alpha value is -1.09. The topological polar surface area (TPSA) is 58.4 Å². The molecule has 0 saturated heterocycles. The van der Waals surface area contributed by atoms with Gasteiger partial charge in [-0.2, -0.15) is 0 Å². The number of hydrogen-bond acceptors (Lipinski definition) is 3. The van der Waals surface area contributed by atoms with Crippen molar-refractivity contribution in [3.05, 3.63) is 18.4 Å². The normalized spacial score (nSPS) is 10.1. The number of unbranched alkanes of at least 4 members (excludes halogenated alkanes) is 1. The molecule has 98 valence electrons. The third-order valence-corrected chi connectivity index (χ3v) is 2.45. The molecule has 0 aliphatic heterocycles. The van der Waals surface area contributed by atoms with Gasteiger partial charge < -0.3 is 11.1 Å². The molecule has 4 nitrogen and oxygen atoms in total. The van der Waals surface area contributed by atoms with E-state index < -0.39 is 0 Å². The Bertz CT molecular complexity index is 247. The molecular formula is C13H25N3O. The zero-order chi connectivity index (χ0) is 12.9. The molecule has 17 heavy (non-hydrogen) atoms. The standard InChI is InChI=1S/C13H25N3O/c1-3-4-10-16(11-6-5-8-14)12-7-9-15-13(2)17/h4H,1,5-12,14H2,2H3,(H,15,17). The molecule has 0 aromatic carbocycles. The van der Waals surface area contributed by atoms with Crippen LogP contribution in [0.4, 0.5) is 0 Å². The van der Waals surface area contributed by atoms with E-state index in [9.17, 15) is 4.79 Å². The summed E-state index contributed by atoms with van der Waals surface area (Å²) in [5.41, 5.74) is 8.26. The van der Waals surface area contributed by atoms with Crippen molar-refractivity contribution in [2.75, 3.05) is 32.7 Å². The highest BCUT2D eigenvalue weighted by Gasteiger charge is 2.02. The highest BCUT2D eigenvalue weighted by atomic mass is 16.1. The summed E-state index contributed by atoms with van der Waals surface area (Å²) in [5, 5.41) is 2.80. The maximum absolute atomic E-state index is 10.7. The van der Waals surface area contributed by atoms with Crippen LogP contribution in [0, 0.1) is 0 Å². The van der Waals surface area contributed by atoms with Gasteiger partial charge in [0.1, 0.15) is 0 Å². The second-order valence-electron chi connectivity index (χ2n) is 4.04. The van der Waals surface area contributed by atoms with Crippen molar-refractivity contribution in [3.8, 4) is 0 Å². The average Bonchev–Trinajstić information content (AvgIpc) is 2.30. The van der Waals surface area contributed by atoms with Gasteiger partial charge in [-0.3, -0.25) is 9.69 Å². The summed E-state index contributed by atoms with van der Waals surface area (Å²) in [6, 6.07) is 0. The molecule has 0 heterocycles. The Morgan fingerprint density at radius 3 is 2.71 bits per heavy atom. The Kier molecular flexibility index (Phi) is 10.7. The van der Waals surface area contributed by atoms with Gasteiger partial charge in [0.2, 0.25) is 5.91 Å². The minimum atomic E-state index is 0.0330. The zero-order valence-electron chi connectivity index (χ0n) is 10.9. The molecule has 0 bridgehead atoms. The van der Waals surface area contributed by atoms with Gasteiger partial charge in [0.05, 0.1) is 0 Å². The summed E-state index contributed by atoms with van der Waals surface area (Å²) >= 11 is 0. The van der Waals surface area contributed by atoms with Crippen molar-refractivity contribution in [3.63, 3.8) is 0 Å². The lowest BCUT2D eigenvalue weighted by atomic mass is 10.2. The number of carbonyl (C=O) groups excluding carboxylic acids is 1. The quantitative estimate of drug-likeness (QED) is 0.440. The number of carbonyl (C=O) groups is 1. The predicted octanol–water partition coefficient (Wildman–Crippen LogP) is 0.895. The fraction of sp³-hybridized carbons (Fsp3) is 0.692. The molecule has 0 aliphatic rings. The summed E-state index contributed by atoms with van der Waals surface area (Å²) < 4.78 is 0. The number of amides is 1. The van der Waals surface area contributed by atoms with Gasteiger partial charge in [0.15, 0.2) is 0 Å². The molecule has 0 aromatic rings. The van der Waals surface area contributed by atoms with Crippen LogP contribution in [0.25, 0.3) is 0 Å². The number of nitrogens with two attached hydrogens (primary N) is 1. The lowest BCUT2D eigenvalue weighted by Gasteiger charge is -2.20. The fourth-order valence-corrected chi connectivity index (χ4v) is 1.53. The first-order chi connectivity index (χ1) is 8.20. The first-order valence-electron chi connectivity index (χ1n) is 6.22. The third kappa shape index (κ3) is 11.2. The van der Waals surface area contributed by atoms with E-state index in [2.05, 4.69) is 22.5 Å². The molecule has 0 unspecified atom stereocenters. The number of nitrogens with zero attached hydrogens (tertiary/aromatic N) is 1. The fourth-order valence-electron chi connectivity index (χ4n) is 1.53. The van der Waals surface area contributed by atoms with Crippen molar-refractivity contribution >= 4 is 5.91 Å². The number of rotatable bonds is 10. The molecule has 0 aromatic heterocycles. The van der Waals surface area contributed by atoms with Crippen molar-refractivity contribution in [1.82, 2.24) is 10.2 Å². The highest BCUT2D eigenvalue weighted by Crippen LogP contribution is 1.96. The van der Waals surface area contributed by atoms with Crippen LogP contribution in [0.2, 0.25) is 0 Å². The average molecular weight is 239 g/mol. The van der Waals surface area contributed by atoms with Gasteiger partial charge >= 0.3 is 0 Å². The van der Waals surface area contributed by atoms with Crippen LogP contribution >= 0.6 is 0 Å². The second kappa shape index (κ2) is 11.4. The Morgan fingerprint density at radius 1 is 1.41 bits per heavy atom. The van der Waals surface area contributed by atoms with Crippen LogP contribution in [-0.4, -0.2) is 43.5 Å². The SMILES string of the molecule is C=C=CCN(CCCCN)CCCNC(C)=O. The van der Waals surface area contributed by atoms with Crippen LogP contribution in [-0.2, 0) is 4.79 Å². The monoisotopic (exact) mass is 239 g/mol. The maximum Gasteiger partial charge on any atom is 0.216 e. The summed E-state index contributed by atoms with van der Waals surface area (Å²) in [5.74, 6) is 0.0330. The van der Waals surface area contributed by atoms with Gasteiger partial charge in [0.25, 0.3) is 0 Å². The molecule has 0 spiro atoms. The maximum atomic E-state index is 10.7. The van der Waals surface area contributed by atoms with Gasteiger partial charge in [-0.15, -0.1) is 5.73 Å². The van der Waals surface area contributed by atoms with Crippen molar-refractivity contribution in [2.45, 2.75) is 26.2 Å². The van der Waals surface area contributed by atoms with E-state index in [4.69, 9.17) is 5.73 Å². The molecule has 0 saturated carbocycles. The van der Waals surface area contributed by atoms with Gasteiger partial charge in [-0.1, -0.05) is 6.58 Å². The summed E-state index contributed by atoms with van der Waals surface area (Å²) in [6.45, 7) is 9.47.